The molecule has 66 valence electrons. The molecule has 0 saturated heterocycles. The summed E-state index contributed by atoms with van der Waals surface area (Å²) in [5.41, 5.74) is 0.402. The van der Waals surface area contributed by atoms with Crippen LogP contribution in [0.25, 0.3) is 0 Å². The van der Waals surface area contributed by atoms with E-state index in [-0.39, 0.29) is 0 Å². The molecule has 0 fully saturated rings. The average molecular weight is 166 g/mol. The number of aliphatic hydroxyl groups is 1. The Morgan fingerprint density at radius 1 is 1.58 bits per heavy atom. The highest BCUT2D eigenvalue weighted by molar-refractivity contribution is 5.11. The van der Waals surface area contributed by atoms with E-state index in [9.17, 15) is 5.11 Å². The molecule has 0 bridgehead atoms. The van der Waals surface area contributed by atoms with E-state index in [4.69, 9.17) is 4.42 Å². The molecule has 1 heterocycles. The Balaban J connectivity index is 2.41. The topological polar surface area (TPSA) is 33.4 Å². The molecule has 0 aliphatic rings. The molecule has 12 heavy (non-hydrogen) atoms. The molecule has 2 heteroatoms. The second kappa shape index (κ2) is 3.59. The molecule has 0 saturated carbocycles. The van der Waals surface area contributed by atoms with E-state index in [1.165, 1.54) is 0 Å². The maximum atomic E-state index is 9.34. The third-order valence-corrected chi connectivity index (χ3v) is 1.46. The average Bonchev–Trinajstić information content (AvgIpc) is 2.36. The molecule has 1 N–H and O–H groups in total. The first kappa shape index (κ1) is 9.07. The maximum absolute atomic E-state index is 9.34. The van der Waals surface area contributed by atoms with Crippen LogP contribution in [0.3, 0.4) is 0 Å². The Kier molecular flexibility index (Phi) is 2.71. The Bertz CT molecular complexity index is 239. The molecule has 0 radical (unpaired) electrons. The van der Waals surface area contributed by atoms with Crippen molar-refractivity contribution in [1.29, 1.82) is 0 Å². The first-order chi connectivity index (χ1) is 5.58. The van der Waals surface area contributed by atoms with Gasteiger partial charge in [0, 0.05) is 0 Å². The van der Waals surface area contributed by atoms with Crippen LogP contribution in [0.15, 0.2) is 35.2 Å². The van der Waals surface area contributed by atoms with Gasteiger partial charge in [0.15, 0.2) is 0 Å². The lowest BCUT2D eigenvalue weighted by Gasteiger charge is -2.09. The number of furan rings is 1. The van der Waals surface area contributed by atoms with Crippen LogP contribution in [-0.4, -0.2) is 10.7 Å². The molecule has 1 rings (SSSR count). The van der Waals surface area contributed by atoms with Crippen molar-refractivity contribution in [2.24, 2.45) is 0 Å². The van der Waals surface area contributed by atoms with Crippen molar-refractivity contribution in [2.45, 2.75) is 25.9 Å². The van der Waals surface area contributed by atoms with Crippen LogP contribution < -0.4 is 0 Å². The molecular formula is C10H14O2. The SMILES string of the molecule is CC(C)(O)/C=C/Cc1ccoc1. The van der Waals surface area contributed by atoms with Crippen molar-refractivity contribution < 1.29 is 9.52 Å². The molecular weight excluding hydrogens is 152 g/mol. The van der Waals surface area contributed by atoms with E-state index >= 15 is 0 Å². The quantitative estimate of drug-likeness (QED) is 0.698. The molecule has 0 unspecified atom stereocenters. The molecule has 0 aliphatic heterocycles. The summed E-state index contributed by atoms with van der Waals surface area (Å²) in [6, 6.07) is 1.91. The summed E-state index contributed by atoms with van der Waals surface area (Å²) in [6.07, 6.45) is 7.87. The Morgan fingerprint density at radius 2 is 2.33 bits per heavy atom. The zero-order chi connectivity index (χ0) is 9.03. The van der Waals surface area contributed by atoms with Crippen molar-refractivity contribution in [3.63, 3.8) is 0 Å². The van der Waals surface area contributed by atoms with Gasteiger partial charge in [-0.1, -0.05) is 12.2 Å². The summed E-state index contributed by atoms with van der Waals surface area (Å²) in [5.74, 6) is 0. The molecule has 2 nitrogen and oxygen atoms in total. The highest BCUT2D eigenvalue weighted by Gasteiger charge is 2.04. The van der Waals surface area contributed by atoms with E-state index in [1.807, 2.05) is 12.1 Å². The largest absolute Gasteiger partial charge is 0.472 e. The third kappa shape index (κ3) is 3.39. The summed E-state index contributed by atoms with van der Waals surface area (Å²) in [6.45, 7) is 3.50. The lowest BCUT2D eigenvalue weighted by molar-refractivity contribution is 0.133. The lowest BCUT2D eigenvalue weighted by Crippen LogP contribution is -2.13. The monoisotopic (exact) mass is 166 g/mol. The number of hydrogen-bond donors (Lipinski definition) is 1. The van der Waals surface area contributed by atoms with Gasteiger partial charge in [0.05, 0.1) is 18.1 Å². The molecule has 0 aliphatic carbocycles. The molecule has 1 aromatic heterocycles. The van der Waals surface area contributed by atoms with Crippen LogP contribution in [0.5, 0.6) is 0 Å². The van der Waals surface area contributed by atoms with Crippen LogP contribution in [0, 0.1) is 0 Å². The zero-order valence-corrected chi connectivity index (χ0v) is 7.45. The van der Waals surface area contributed by atoms with Gasteiger partial charge in [-0.3, -0.25) is 0 Å². The molecule has 0 atom stereocenters. The van der Waals surface area contributed by atoms with E-state index in [1.54, 1.807) is 32.4 Å². The van der Waals surface area contributed by atoms with Gasteiger partial charge in [-0.15, -0.1) is 0 Å². The summed E-state index contributed by atoms with van der Waals surface area (Å²) in [4.78, 5) is 0. The van der Waals surface area contributed by atoms with E-state index < -0.39 is 5.60 Å². The summed E-state index contributed by atoms with van der Waals surface area (Å²) in [7, 11) is 0. The first-order valence-electron chi connectivity index (χ1n) is 3.99. The molecule has 1 aromatic rings. The van der Waals surface area contributed by atoms with Crippen LogP contribution in [0.4, 0.5) is 0 Å². The summed E-state index contributed by atoms with van der Waals surface area (Å²) < 4.78 is 4.90. The highest BCUT2D eigenvalue weighted by atomic mass is 16.3. The van der Waals surface area contributed by atoms with Crippen LogP contribution >= 0.6 is 0 Å². The Morgan fingerprint density at radius 3 is 2.83 bits per heavy atom. The van der Waals surface area contributed by atoms with Gasteiger partial charge >= 0.3 is 0 Å². The number of allylic oxidation sites excluding steroid dienone is 1. The summed E-state index contributed by atoms with van der Waals surface area (Å²) in [5, 5.41) is 9.34. The molecule has 0 amide bonds. The van der Waals surface area contributed by atoms with E-state index in [2.05, 4.69) is 0 Å². The Hall–Kier alpha value is -1.02. The Labute approximate surface area is 72.5 Å². The van der Waals surface area contributed by atoms with Crippen molar-refractivity contribution in [1.82, 2.24) is 0 Å². The van der Waals surface area contributed by atoms with Gasteiger partial charge in [-0.25, -0.2) is 0 Å². The zero-order valence-electron chi connectivity index (χ0n) is 7.45. The minimum absolute atomic E-state index is 0.719. The van der Waals surface area contributed by atoms with Crippen molar-refractivity contribution in [3.05, 3.63) is 36.3 Å². The molecule has 0 aromatic carbocycles. The van der Waals surface area contributed by atoms with Crippen LogP contribution in [0.2, 0.25) is 0 Å². The van der Waals surface area contributed by atoms with E-state index in [0.717, 1.165) is 12.0 Å². The van der Waals surface area contributed by atoms with Crippen molar-refractivity contribution in [2.75, 3.05) is 0 Å². The van der Waals surface area contributed by atoms with Gasteiger partial charge in [-0.2, -0.15) is 0 Å². The highest BCUT2D eigenvalue weighted by Crippen LogP contribution is 2.06. The van der Waals surface area contributed by atoms with Crippen LogP contribution in [0.1, 0.15) is 19.4 Å². The van der Waals surface area contributed by atoms with Crippen molar-refractivity contribution >= 4 is 0 Å². The fraction of sp³-hybridized carbons (Fsp3) is 0.400. The van der Waals surface area contributed by atoms with Crippen molar-refractivity contribution in [3.8, 4) is 0 Å². The van der Waals surface area contributed by atoms with Gasteiger partial charge in [-0.05, 0) is 31.9 Å². The van der Waals surface area contributed by atoms with Gasteiger partial charge in [0.1, 0.15) is 0 Å². The number of rotatable bonds is 3. The lowest BCUT2D eigenvalue weighted by atomic mass is 10.1. The molecule has 0 spiro atoms. The smallest absolute Gasteiger partial charge is 0.0937 e. The fourth-order valence-electron chi connectivity index (χ4n) is 0.892. The maximum Gasteiger partial charge on any atom is 0.0937 e. The standard InChI is InChI=1S/C10H14O2/c1-10(2,11)6-3-4-9-5-7-12-8-9/h3,5-8,11H,4H2,1-2H3/b6-3+. The first-order valence-corrected chi connectivity index (χ1v) is 3.99. The summed E-state index contributed by atoms with van der Waals surface area (Å²) >= 11 is 0. The second-order valence-corrected chi connectivity index (χ2v) is 3.39. The minimum Gasteiger partial charge on any atom is -0.472 e. The minimum atomic E-state index is -0.719. The van der Waals surface area contributed by atoms with Crippen LogP contribution in [-0.2, 0) is 6.42 Å². The van der Waals surface area contributed by atoms with Gasteiger partial charge in [0.25, 0.3) is 0 Å². The van der Waals surface area contributed by atoms with E-state index in [0.29, 0.717) is 0 Å². The van der Waals surface area contributed by atoms with Gasteiger partial charge < -0.3 is 9.52 Å². The predicted octanol–water partition coefficient (Wildman–Crippen LogP) is 2.15. The predicted molar refractivity (Wildman–Crippen MR) is 47.8 cm³/mol. The third-order valence-electron chi connectivity index (χ3n) is 1.46. The second-order valence-electron chi connectivity index (χ2n) is 3.39. The fourth-order valence-corrected chi connectivity index (χ4v) is 0.892. The van der Waals surface area contributed by atoms with Gasteiger partial charge in [0.2, 0.25) is 0 Å². The normalized spacial score (nSPS) is 12.6. The number of hydrogen-bond acceptors (Lipinski definition) is 2.